The zero-order valence-corrected chi connectivity index (χ0v) is 13.6. The standard InChI is InChI=1S/C17H35NO/c1-5-16(6-2)12-18(7-3)13-17(14-19)10-8-9-15(4)11-17/h15-16,19H,5-14H2,1-4H3. The smallest absolute Gasteiger partial charge is 0.0499 e. The van der Waals surface area contributed by atoms with Gasteiger partial charge in [0.05, 0.1) is 0 Å². The SMILES string of the molecule is CCC(CC)CN(CC)CC1(CO)CCCC(C)C1. The molecule has 0 radical (unpaired) electrons. The van der Waals surface area contributed by atoms with Gasteiger partial charge < -0.3 is 10.0 Å². The van der Waals surface area contributed by atoms with Crippen LogP contribution in [0.15, 0.2) is 0 Å². The van der Waals surface area contributed by atoms with E-state index in [9.17, 15) is 5.11 Å². The summed E-state index contributed by atoms with van der Waals surface area (Å²) in [4.78, 5) is 2.59. The molecule has 1 N–H and O–H groups in total. The maximum absolute atomic E-state index is 9.93. The number of hydrogen-bond donors (Lipinski definition) is 1. The molecule has 2 nitrogen and oxygen atoms in total. The Hall–Kier alpha value is -0.0800. The van der Waals surface area contributed by atoms with Gasteiger partial charge in [-0.05, 0) is 31.2 Å². The number of aliphatic hydroxyl groups excluding tert-OH is 1. The van der Waals surface area contributed by atoms with Crippen molar-refractivity contribution in [2.45, 2.75) is 66.2 Å². The second kappa shape index (κ2) is 8.26. The van der Waals surface area contributed by atoms with Crippen LogP contribution in [0.5, 0.6) is 0 Å². The lowest BCUT2D eigenvalue weighted by Gasteiger charge is -2.42. The van der Waals surface area contributed by atoms with Crippen molar-refractivity contribution >= 4 is 0 Å². The van der Waals surface area contributed by atoms with Gasteiger partial charge in [0, 0.05) is 25.1 Å². The molecule has 1 saturated carbocycles. The van der Waals surface area contributed by atoms with Crippen LogP contribution >= 0.6 is 0 Å². The summed E-state index contributed by atoms with van der Waals surface area (Å²) in [5, 5.41) is 9.93. The highest BCUT2D eigenvalue weighted by molar-refractivity contribution is 4.88. The van der Waals surface area contributed by atoms with E-state index in [2.05, 4.69) is 32.6 Å². The van der Waals surface area contributed by atoms with Crippen molar-refractivity contribution in [3.63, 3.8) is 0 Å². The summed E-state index contributed by atoms with van der Waals surface area (Å²) < 4.78 is 0. The van der Waals surface area contributed by atoms with Crippen LogP contribution in [0.2, 0.25) is 0 Å². The molecule has 114 valence electrons. The van der Waals surface area contributed by atoms with Crippen molar-refractivity contribution in [3.8, 4) is 0 Å². The molecule has 0 amide bonds. The molecule has 0 aromatic rings. The van der Waals surface area contributed by atoms with E-state index in [-0.39, 0.29) is 5.41 Å². The van der Waals surface area contributed by atoms with Crippen LogP contribution in [0.3, 0.4) is 0 Å². The molecule has 1 aliphatic rings. The Bertz CT molecular complexity index is 239. The summed E-state index contributed by atoms with van der Waals surface area (Å²) in [7, 11) is 0. The predicted molar refractivity (Wildman–Crippen MR) is 83.3 cm³/mol. The molecule has 1 rings (SSSR count). The predicted octanol–water partition coefficient (Wildman–Crippen LogP) is 3.93. The molecule has 2 unspecified atom stereocenters. The van der Waals surface area contributed by atoms with Crippen LogP contribution in [-0.2, 0) is 0 Å². The number of aliphatic hydroxyl groups is 1. The van der Waals surface area contributed by atoms with Crippen LogP contribution in [-0.4, -0.2) is 36.2 Å². The topological polar surface area (TPSA) is 23.5 Å². The fraction of sp³-hybridized carbons (Fsp3) is 1.00. The lowest BCUT2D eigenvalue weighted by molar-refractivity contribution is 0.0207. The van der Waals surface area contributed by atoms with Gasteiger partial charge in [0.2, 0.25) is 0 Å². The maximum atomic E-state index is 9.93. The molecule has 0 bridgehead atoms. The first-order valence-corrected chi connectivity index (χ1v) is 8.42. The molecule has 1 aliphatic carbocycles. The fourth-order valence-corrected chi connectivity index (χ4v) is 3.80. The minimum absolute atomic E-state index is 0.180. The van der Waals surface area contributed by atoms with E-state index < -0.39 is 0 Å². The molecule has 0 aromatic heterocycles. The third-order valence-electron chi connectivity index (χ3n) is 5.20. The summed E-state index contributed by atoms with van der Waals surface area (Å²) in [6, 6.07) is 0. The molecule has 0 aliphatic heterocycles. The number of nitrogens with zero attached hydrogens (tertiary/aromatic N) is 1. The van der Waals surface area contributed by atoms with Gasteiger partial charge >= 0.3 is 0 Å². The van der Waals surface area contributed by atoms with Crippen molar-refractivity contribution in [1.29, 1.82) is 0 Å². The first-order chi connectivity index (χ1) is 9.09. The average Bonchev–Trinajstić information content (AvgIpc) is 2.43. The van der Waals surface area contributed by atoms with Crippen molar-refractivity contribution in [3.05, 3.63) is 0 Å². The molecule has 19 heavy (non-hydrogen) atoms. The Morgan fingerprint density at radius 2 is 1.95 bits per heavy atom. The van der Waals surface area contributed by atoms with E-state index in [1.54, 1.807) is 0 Å². The second-order valence-electron chi connectivity index (χ2n) is 6.87. The highest BCUT2D eigenvalue weighted by Gasteiger charge is 2.35. The molecule has 1 fully saturated rings. The largest absolute Gasteiger partial charge is 0.396 e. The average molecular weight is 269 g/mol. The lowest BCUT2D eigenvalue weighted by atomic mass is 9.70. The maximum Gasteiger partial charge on any atom is 0.0499 e. The van der Waals surface area contributed by atoms with Gasteiger partial charge in [0.15, 0.2) is 0 Å². The molecule has 2 heteroatoms. The minimum atomic E-state index is 0.180. The highest BCUT2D eigenvalue weighted by Crippen LogP contribution is 2.39. The summed E-state index contributed by atoms with van der Waals surface area (Å²) >= 11 is 0. The Labute approximate surface area is 120 Å². The van der Waals surface area contributed by atoms with E-state index in [0.29, 0.717) is 6.61 Å². The van der Waals surface area contributed by atoms with Gasteiger partial charge in [-0.25, -0.2) is 0 Å². The third-order valence-corrected chi connectivity index (χ3v) is 5.20. The summed E-state index contributed by atoms with van der Waals surface area (Å²) in [6.07, 6.45) is 7.62. The zero-order valence-electron chi connectivity index (χ0n) is 13.6. The minimum Gasteiger partial charge on any atom is -0.396 e. The Morgan fingerprint density at radius 3 is 2.42 bits per heavy atom. The number of rotatable bonds is 8. The van der Waals surface area contributed by atoms with Crippen LogP contribution in [0, 0.1) is 17.3 Å². The van der Waals surface area contributed by atoms with Crippen molar-refractivity contribution in [2.75, 3.05) is 26.2 Å². The summed E-state index contributed by atoms with van der Waals surface area (Å²) in [5.41, 5.74) is 0.180. The second-order valence-corrected chi connectivity index (χ2v) is 6.87. The highest BCUT2D eigenvalue weighted by atomic mass is 16.3. The van der Waals surface area contributed by atoms with E-state index in [0.717, 1.165) is 24.9 Å². The first-order valence-electron chi connectivity index (χ1n) is 8.42. The summed E-state index contributed by atoms with van der Waals surface area (Å²) in [6.45, 7) is 13.0. The Kier molecular flexibility index (Phi) is 7.38. The quantitative estimate of drug-likeness (QED) is 0.721. The van der Waals surface area contributed by atoms with Crippen molar-refractivity contribution < 1.29 is 5.11 Å². The molecule has 2 atom stereocenters. The van der Waals surface area contributed by atoms with Crippen molar-refractivity contribution in [2.24, 2.45) is 17.3 Å². The van der Waals surface area contributed by atoms with Gasteiger partial charge in [-0.15, -0.1) is 0 Å². The number of hydrogen-bond acceptors (Lipinski definition) is 2. The first kappa shape index (κ1) is 17.0. The van der Waals surface area contributed by atoms with Gasteiger partial charge in [0.1, 0.15) is 0 Å². The van der Waals surface area contributed by atoms with Crippen LogP contribution in [0.4, 0.5) is 0 Å². The van der Waals surface area contributed by atoms with E-state index in [1.807, 2.05) is 0 Å². The molecule has 0 saturated heterocycles. The molecule has 0 spiro atoms. The third kappa shape index (κ3) is 5.07. The van der Waals surface area contributed by atoms with Gasteiger partial charge in [0.25, 0.3) is 0 Å². The molecular weight excluding hydrogens is 234 g/mol. The van der Waals surface area contributed by atoms with Gasteiger partial charge in [-0.3, -0.25) is 0 Å². The summed E-state index contributed by atoms with van der Waals surface area (Å²) in [5.74, 6) is 1.60. The normalized spacial score (nSPS) is 28.3. The Balaban J connectivity index is 2.60. The molecule has 0 aromatic carbocycles. The monoisotopic (exact) mass is 269 g/mol. The van der Waals surface area contributed by atoms with E-state index in [4.69, 9.17) is 0 Å². The van der Waals surface area contributed by atoms with Crippen LogP contribution in [0.1, 0.15) is 66.2 Å². The van der Waals surface area contributed by atoms with Crippen LogP contribution in [0.25, 0.3) is 0 Å². The zero-order chi connectivity index (χ0) is 14.3. The van der Waals surface area contributed by atoms with Crippen LogP contribution < -0.4 is 0 Å². The molecule has 0 heterocycles. The lowest BCUT2D eigenvalue weighted by Crippen LogP contribution is -2.44. The van der Waals surface area contributed by atoms with E-state index in [1.165, 1.54) is 45.1 Å². The van der Waals surface area contributed by atoms with Gasteiger partial charge in [-0.1, -0.05) is 53.4 Å². The molecular formula is C17H35NO. The fourth-order valence-electron chi connectivity index (χ4n) is 3.80. The van der Waals surface area contributed by atoms with Crippen molar-refractivity contribution in [1.82, 2.24) is 4.90 Å². The van der Waals surface area contributed by atoms with E-state index >= 15 is 0 Å². The van der Waals surface area contributed by atoms with Gasteiger partial charge in [-0.2, -0.15) is 0 Å². The Morgan fingerprint density at radius 1 is 1.26 bits per heavy atom.